The quantitative estimate of drug-likeness (QED) is 0.718. The minimum atomic E-state index is 0.212. The summed E-state index contributed by atoms with van der Waals surface area (Å²) in [5, 5.41) is 4.06. The Hall–Kier alpha value is -1.12. The van der Waals surface area contributed by atoms with E-state index in [9.17, 15) is 4.79 Å². The van der Waals surface area contributed by atoms with Crippen LogP contribution in [0.25, 0.3) is 0 Å². The van der Waals surface area contributed by atoms with Crippen LogP contribution in [0.4, 0.5) is 0 Å². The van der Waals surface area contributed by atoms with Crippen molar-refractivity contribution in [1.29, 1.82) is 0 Å². The monoisotopic (exact) mass is 220 g/mol. The summed E-state index contributed by atoms with van der Waals surface area (Å²) < 4.78 is 1.68. The van der Waals surface area contributed by atoms with E-state index >= 15 is 0 Å². The largest absolute Gasteiger partial charge is 0.292 e. The summed E-state index contributed by atoms with van der Waals surface area (Å²) in [5.74, 6) is 0.485. The SMILES string of the molecule is Cn1nccc1C(=O)C1CCC(C)(C)CC1. The Bertz CT molecular complexity index is 382. The zero-order valence-electron chi connectivity index (χ0n) is 10.4. The summed E-state index contributed by atoms with van der Waals surface area (Å²) in [6.07, 6.45) is 6.05. The minimum Gasteiger partial charge on any atom is -0.292 e. The lowest BCUT2D eigenvalue weighted by atomic mass is 9.72. The van der Waals surface area contributed by atoms with E-state index < -0.39 is 0 Å². The molecule has 0 amide bonds. The number of hydrogen-bond acceptors (Lipinski definition) is 2. The van der Waals surface area contributed by atoms with E-state index in [2.05, 4.69) is 18.9 Å². The molecule has 1 aliphatic carbocycles. The van der Waals surface area contributed by atoms with Crippen molar-refractivity contribution in [2.75, 3.05) is 0 Å². The molecule has 1 aromatic rings. The standard InChI is InChI=1S/C13H20N2O/c1-13(2)7-4-10(5-8-13)12(16)11-6-9-14-15(11)3/h6,9-10H,4-5,7-8H2,1-3H3. The number of carbonyl (C=O) groups is 1. The van der Waals surface area contributed by atoms with E-state index in [0.29, 0.717) is 5.41 Å². The molecule has 0 aliphatic heterocycles. The third-order valence-corrected chi connectivity index (χ3v) is 3.78. The van der Waals surface area contributed by atoms with Gasteiger partial charge in [0.15, 0.2) is 5.78 Å². The van der Waals surface area contributed by atoms with E-state index in [-0.39, 0.29) is 11.7 Å². The van der Waals surface area contributed by atoms with Gasteiger partial charge in [0.05, 0.1) is 0 Å². The highest BCUT2D eigenvalue weighted by Gasteiger charge is 2.31. The Morgan fingerprint density at radius 3 is 2.56 bits per heavy atom. The minimum absolute atomic E-state index is 0.212. The highest BCUT2D eigenvalue weighted by Crippen LogP contribution is 2.38. The lowest BCUT2D eigenvalue weighted by molar-refractivity contribution is 0.0828. The van der Waals surface area contributed by atoms with Gasteiger partial charge < -0.3 is 0 Å². The average Bonchev–Trinajstić information content (AvgIpc) is 2.63. The van der Waals surface area contributed by atoms with Gasteiger partial charge in [0.2, 0.25) is 0 Å². The molecule has 0 atom stereocenters. The summed E-state index contributed by atoms with van der Waals surface area (Å²) in [6.45, 7) is 4.58. The summed E-state index contributed by atoms with van der Waals surface area (Å²) >= 11 is 0. The molecule has 0 radical (unpaired) electrons. The van der Waals surface area contributed by atoms with Crippen molar-refractivity contribution in [3.05, 3.63) is 18.0 Å². The second-order valence-corrected chi connectivity index (χ2v) is 5.64. The molecule has 1 aromatic heterocycles. The van der Waals surface area contributed by atoms with Crippen LogP contribution in [0, 0.1) is 11.3 Å². The third kappa shape index (κ3) is 2.18. The number of hydrogen-bond donors (Lipinski definition) is 0. The maximum atomic E-state index is 12.2. The molecule has 16 heavy (non-hydrogen) atoms. The number of aromatic nitrogens is 2. The molecular weight excluding hydrogens is 200 g/mol. The zero-order chi connectivity index (χ0) is 11.8. The molecule has 0 aromatic carbocycles. The predicted octanol–water partition coefficient (Wildman–Crippen LogP) is 2.82. The number of carbonyl (C=O) groups excluding carboxylic acids is 1. The molecule has 0 spiro atoms. The first-order chi connectivity index (χ1) is 7.49. The number of rotatable bonds is 2. The fourth-order valence-corrected chi connectivity index (χ4v) is 2.49. The van der Waals surface area contributed by atoms with Gasteiger partial charge in [0, 0.05) is 19.2 Å². The summed E-state index contributed by atoms with van der Waals surface area (Å²) in [6, 6.07) is 1.82. The molecule has 1 heterocycles. The highest BCUT2D eigenvalue weighted by molar-refractivity contribution is 5.96. The second-order valence-electron chi connectivity index (χ2n) is 5.64. The van der Waals surface area contributed by atoms with Gasteiger partial charge >= 0.3 is 0 Å². The number of nitrogens with zero attached hydrogens (tertiary/aromatic N) is 2. The molecule has 88 valence electrons. The van der Waals surface area contributed by atoms with Crippen molar-refractivity contribution >= 4 is 5.78 Å². The first kappa shape index (κ1) is 11.4. The Balaban J connectivity index is 2.05. The third-order valence-electron chi connectivity index (χ3n) is 3.78. The fraction of sp³-hybridized carbons (Fsp3) is 0.692. The van der Waals surface area contributed by atoms with Gasteiger partial charge in [-0.15, -0.1) is 0 Å². The first-order valence-corrected chi connectivity index (χ1v) is 6.02. The van der Waals surface area contributed by atoms with Crippen LogP contribution in [0.1, 0.15) is 50.0 Å². The van der Waals surface area contributed by atoms with E-state index in [1.807, 2.05) is 13.1 Å². The highest BCUT2D eigenvalue weighted by atomic mass is 16.1. The van der Waals surface area contributed by atoms with Crippen LogP contribution in [0.5, 0.6) is 0 Å². The van der Waals surface area contributed by atoms with E-state index in [1.54, 1.807) is 10.9 Å². The Morgan fingerprint density at radius 2 is 2.06 bits per heavy atom. The number of aryl methyl sites for hydroxylation is 1. The van der Waals surface area contributed by atoms with Crippen molar-refractivity contribution in [1.82, 2.24) is 9.78 Å². The lowest BCUT2D eigenvalue weighted by Crippen LogP contribution is -2.27. The van der Waals surface area contributed by atoms with Gasteiger partial charge in [-0.3, -0.25) is 9.48 Å². The van der Waals surface area contributed by atoms with Crippen LogP contribution < -0.4 is 0 Å². The molecule has 0 bridgehead atoms. The van der Waals surface area contributed by atoms with Crippen molar-refractivity contribution in [2.45, 2.75) is 39.5 Å². The van der Waals surface area contributed by atoms with Crippen molar-refractivity contribution < 1.29 is 4.79 Å². The van der Waals surface area contributed by atoms with Gasteiger partial charge in [-0.25, -0.2) is 0 Å². The van der Waals surface area contributed by atoms with Crippen molar-refractivity contribution in [3.63, 3.8) is 0 Å². The normalized spacial score (nSPS) is 20.9. The Morgan fingerprint density at radius 1 is 1.44 bits per heavy atom. The van der Waals surface area contributed by atoms with Crippen molar-refractivity contribution in [2.24, 2.45) is 18.4 Å². The van der Waals surface area contributed by atoms with Crippen LogP contribution in [-0.2, 0) is 7.05 Å². The lowest BCUT2D eigenvalue weighted by Gasteiger charge is -2.33. The maximum Gasteiger partial charge on any atom is 0.183 e. The Kier molecular flexibility index (Phi) is 2.87. The van der Waals surface area contributed by atoms with Gasteiger partial charge in [0.25, 0.3) is 0 Å². The molecular formula is C13H20N2O. The van der Waals surface area contributed by atoms with Gasteiger partial charge in [-0.2, -0.15) is 5.10 Å². The van der Waals surface area contributed by atoms with Crippen LogP contribution in [-0.4, -0.2) is 15.6 Å². The molecule has 0 saturated heterocycles. The summed E-state index contributed by atoms with van der Waals surface area (Å²) in [4.78, 5) is 12.2. The maximum absolute atomic E-state index is 12.2. The topological polar surface area (TPSA) is 34.9 Å². The fourth-order valence-electron chi connectivity index (χ4n) is 2.49. The van der Waals surface area contributed by atoms with Crippen molar-refractivity contribution in [3.8, 4) is 0 Å². The van der Waals surface area contributed by atoms with Gasteiger partial charge in [-0.05, 0) is 37.2 Å². The molecule has 1 fully saturated rings. The zero-order valence-corrected chi connectivity index (χ0v) is 10.4. The van der Waals surface area contributed by atoms with Gasteiger partial charge in [-0.1, -0.05) is 13.8 Å². The van der Waals surface area contributed by atoms with Crippen LogP contribution >= 0.6 is 0 Å². The van der Waals surface area contributed by atoms with Crippen LogP contribution in [0.3, 0.4) is 0 Å². The molecule has 1 saturated carbocycles. The molecule has 1 aliphatic rings. The predicted molar refractivity (Wildman–Crippen MR) is 63.3 cm³/mol. The molecule has 3 heteroatoms. The molecule has 3 nitrogen and oxygen atoms in total. The Labute approximate surface area is 96.8 Å². The first-order valence-electron chi connectivity index (χ1n) is 6.02. The van der Waals surface area contributed by atoms with E-state index in [4.69, 9.17) is 0 Å². The molecule has 0 unspecified atom stereocenters. The number of Topliss-reactive ketones (excluding diaryl/α,β-unsaturated/α-hetero) is 1. The van der Waals surface area contributed by atoms with Crippen LogP contribution in [0.15, 0.2) is 12.3 Å². The second kappa shape index (κ2) is 4.04. The van der Waals surface area contributed by atoms with Gasteiger partial charge in [0.1, 0.15) is 5.69 Å². The molecule has 2 rings (SSSR count). The number of ketones is 1. The summed E-state index contributed by atoms with van der Waals surface area (Å²) in [5.41, 5.74) is 1.17. The van der Waals surface area contributed by atoms with Crippen LogP contribution in [0.2, 0.25) is 0 Å². The average molecular weight is 220 g/mol. The van der Waals surface area contributed by atoms with E-state index in [0.717, 1.165) is 31.4 Å². The van der Waals surface area contributed by atoms with E-state index in [1.165, 1.54) is 0 Å². The molecule has 0 N–H and O–H groups in total. The summed E-state index contributed by atoms with van der Waals surface area (Å²) in [7, 11) is 1.83. The smallest absolute Gasteiger partial charge is 0.183 e.